The molecule has 0 atom stereocenters. The van der Waals surface area contributed by atoms with Crippen molar-refractivity contribution in [2.75, 3.05) is 5.32 Å². The van der Waals surface area contributed by atoms with Crippen LogP contribution >= 0.6 is 0 Å². The third-order valence-electron chi connectivity index (χ3n) is 3.12. The number of carbonyl (C=O) groups excluding carboxylic acids is 1. The molecule has 3 nitrogen and oxygen atoms in total. The van der Waals surface area contributed by atoms with E-state index in [4.69, 9.17) is 0 Å². The number of aromatic nitrogens is 1. The van der Waals surface area contributed by atoms with Gasteiger partial charge in [0, 0.05) is 11.3 Å². The van der Waals surface area contributed by atoms with Gasteiger partial charge < -0.3 is 5.32 Å². The summed E-state index contributed by atoms with van der Waals surface area (Å²) in [5, 5.41) is 4.02. The minimum atomic E-state index is 0.130. The number of carbonyl (C=O) groups is 1. The second-order valence-electron chi connectivity index (χ2n) is 4.58. The maximum atomic E-state index is 11.7. The quantitative estimate of drug-likeness (QED) is 0.855. The van der Waals surface area contributed by atoms with Crippen LogP contribution in [0, 0.1) is 12.8 Å². The standard InChI is InChI=1S/C14H14N2O/c1-9-13(16-14(17)10-6-7-10)8-11-4-2-3-5-12(11)15-9/h2-5,8,10H,6-7H2,1H3,(H,16,17). The number of fused-ring (bicyclic) bond motifs is 1. The monoisotopic (exact) mass is 226 g/mol. The van der Waals surface area contributed by atoms with E-state index in [1.165, 1.54) is 0 Å². The third kappa shape index (κ3) is 2.00. The second-order valence-corrected chi connectivity index (χ2v) is 4.58. The van der Waals surface area contributed by atoms with E-state index in [1.807, 2.05) is 37.3 Å². The average Bonchev–Trinajstić information content (AvgIpc) is 3.14. The highest BCUT2D eigenvalue weighted by Gasteiger charge is 2.29. The van der Waals surface area contributed by atoms with E-state index in [9.17, 15) is 4.79 Å². The van der Waals surface area contributed by atoms with E-state index in [2.05, 4.69) is 10.3 Å². The molecule has 1 amide bonds. The number of hydrogen-bond acceptors (Lipinski definition) is 2. The summed E-state index contributed by atoms with van der Waals surface area (Å²) in [5.74, 6) is 0.353. The SMILES string of the molecule is Cc1nc2ccccc2cc1NC(=O)C1CC1. The molecule has 0 aliphatic heterocycles. The summed E-state index contributed by atoms with van der Waals surface area (Å²) in [7, 11) is 0. The maximum absolute atomic E-state index is 11.7. The first-order valence-electron chi connectivity index (χ1n) is 5.91. The molecule has 3 rings (SSSR count). The van der Waals surface area contributed by atoms with E-state index in [0.29, 0.717) is 0 Å². The molecule has 1 aliphatic carbocycles. The zero-order valence-corrected chi connectivity index (χ0v) is 9.73. The van der Waals surface area contributed by atoms with Crippen molar-refractivity contribution in [1.29, 1.82) is 0 Å². The molecule has 0 radical (unpaired) electrons. The predicted octanol–water partition coefficient (Wildman–Crippen LogP) is 2.89. The van der Waals surface area contributed by atoms with Crippen LogP contribution in [0.5, 0.6) is 0 Å². The average molecular weight is 226 g/mol. The molecule has 1 N–H and O–H groups in total. The summed E-state index contributed by atoms with van der Waals surface area (Å²) in [4.78, 5) is 16.2. The Balaban J connectivity index is 1.97. The van der Waals surface area contributed by atoms with Crippen LogP contribution in [0.15, 0.2) is 30.3 Å². The number of pyridine rings is 1. The van der Waals surface area contributed by atoms with E-state index >= 15 is 0 Å². The van der Waals surface area contributed by atoms with Gasteiger partial charge in [0.05, 0.1) is 16.9 Å². The Kier molecular flexibility index (Phi) is 2.32. The zero-order valence-electron chi connectivity index (χ0n) is 9.73. The first-order valence-corrected chi connectivity index (χ1v) is 5.91. The fourth-order valence-electron chi connectivity index (χ4n) is 1.92. The minimum absolute atomic E-state index is 0.130. The summed E-state index contributed by atoms with van der Waals surface area (Å²) in [6.07, 6.45) is 2.04. The Labute approximate surface area is 99.9 Å². The van der Waals surface area contributed by atoms with Crippen molar-refractivity contribution in [2.45, 2.75) is 19.8 Å². The number of benzene rings is 1. The van der Waals surface area contributed by atoms with Gasteiger partial charge in [-0.15, -0.1) is 0 Å². The summed E-state index contributed by atoms with van der Waals surface area (Å²) in [5.41, 5.74) is 2.67. The number of amides is 1. The van der Waals surface area contributed by atoms with Crippen molar-refractivity contribution in [1.82, 2.24) is 4.98 Å². The highest BCUT2D eigenvalue weighted by molar-refractivity contribution is 5.96. The van der Waals surface area contributed by atoms with Gasteiger partial charge >= 0.3 is 0 Å². The molecule has 0 unspecified atom stereocenters. The molecule has 1 aromatic carbocycles. The molecule has 17 heavy (non-hydrogen) atoms. The second kappa shape index (κ2) is 3.84. The lowest BCUT2D eigenvalue weighted by Crippen LogP contribution is -2.14. The number of para-hydroxylation sites is 1. The normalized spacial score (nSPS) is 14.9. The highest BCUT2D eigenvalue weighted by Crippen LogP contribution is 2.31. The van der Waals surface area contributed by atoms with Gasteiger partial charge in [-0.2, -0.15) is 0 Å². The zero-order chi connectivity index (χ0) is 11.8. The minimum Gasteiger partial charge on any atom is -0.324 e. The van der Waals surface area contributed by atoms with Gasteiger partial charge in [-0.05, 0) is 31.9 Å². The summed E-state index contributed by atoms with van der Waals surface area (Å²) in [6, 6.07) is 9.93. The Bertz CT molecular complexity index is 588. The van der Waals surface area contributed by atoms with Crippen molar-refractivity contribution in [3.63, 3.8) is 0 Å². The largest absolute Gasteiger partial charge is 0.324 e. The maximum Gasteiger partial charge on any atom is 0.227 e. The molecule has 0 bridgehead atoms. The van der Waals surface area contributed by atoms with Crippen LogP contribution in [0.1, 0.15) is 18.5 Å². The summed E-state index contributed by atoms with van der Waals surface area (Å²) >= 11 is 0. The van der Waals surface area contributed by atoms with Gasteiger partial charge in [-0.25, -0.2) is 0 Å². The molecular formula is C14H14N2O. The van der Waals surface area contributed by atoms with Crippen molar-refractivity contribution in [3.05, 3.63) is 36.0 Å². The van der Waals surface area contributed by atoms with Gasteiger partial charge in [-0.3, -0.25) is 9.78 Å². The molecule has 1 saturated carbocycles. The Morgan fingerprint density at radius 2 is 2.12 bits per heavy atom. The third-order valence-corrected chi connectivity index (χ3v) is 3.12. The Morgan fingerprint density at radius 3 is 2.88 bits per heavy atom. The van der Waals surface area contributed by atoms with Crippen molar-refractivity contribution < 1.29 is 4.79 Å². The molecule has 1 heterocycles. The Morgan fingerprint density at radius 1 is 1.35 bits per heavy atom. The van der Waals surface area contributed by atoms with Crippen LogP contribution in [-0.4, -0.2) is 10.9 Å². The molecule has 3 heteroatoms. The van der Waals surface area contributed by atoms with E-state index in [-0.39, 0.29) is 11.8 Å². The smallest absolute Gasteiger partial charge is 0.227 e. The van der Waals surface area contributed by atoms with E-state index in [1.54, 1.807) is 0 Å². The van der Waals surface area contributed by atoms with Gasteiger partial charge in [0.1, 0.15) is 0 Å². The van der Waals surface area contributed by atoms with Crippen LogP contribution in [0.3, 0.4) is 0 Å². The fourth-order valence-corrected chi connectivity index (χ4v) is 1.92. The van der Waals surface area contributed by atoms with Gasteiger partial charge in [0.25, 0.3) is 0 Å². The summed E-state index contributed by atoms with van der Waals surface area (Å²) in [6.45, 7) is 1.93. The lowest BCUT2D eigenvalue weighted by atomic mass is 10.2. The first-order chi connectivity index (χ1) is 8.24. The lowest BCUT2D eigenvalue weighted by Gasteiger charge is -2.08. The van der Waals surface area contributed by atoms with Gasteiger partial charge in [0.2, 0.25) is 5.91 Å². The van der Waals surface area contributed by atoms with Crippen LogP contribution in [0.2, 0.25) is 0 Å². The molecule has 0 saturated heterocycles. The van der Waals surface area contributed by atoms with Crippen LogP contribution < -0.4 is 5.32 Å². The van der Waals surface area contributed by atoms with E-state index < -0.39 is 0 Å². The van der Waals surface area contributed by atoms with Crippen molar-refractivity contribution in [3.8, 4) is 0 Å². The van der Waals surface area contributed by atoms with Crippen molar-refractivity contribution in [2.24, 2.45) is 5.92 Å². The first kappa shape index (κ1) is 10.3. The van der Waals surface area contributed by atoms with Crippen LogP contribution in [-0.2, 0) is 4.79 Å². The topological polar surface area (TPSA) is 42.0 Å². The van der Waals surface area contributed by atoms with Gasteiger partial charge in [0.15, 0.2) is 0 Å². The number of aryl methyl sites for hydroxylation is 1. The van der Waals surface area contributed by atoms with Crippen LogP contribution in [0.25, 0.3) is 10.9 Å². The number of nitrogens with one attached hydrogen (secondary N) is 1. The molecular weight excluding hydrogens is 212 g/mol. The van der Waals surface area contributed by atoms with Crippen LogP contribution in [0.4, 0.5) is 5.69 Å². The lowest BCUT2D eigenvalue weighted by molar-refractivity contribution is -0.117. The van der Waals surface area contributed by atoms with E-state index in [0.717, 1.165) is 35.1 Å². The van der Waals surface area contributed by atoms with Crippen molar-refractivity contribution >= 4 is 22.5 Å². The number of hydrogen-bond donors (Lipinski definition) is 1. The molecule has 2 aromatic rings. The molecule has 1 aromatic heterocycles. The number of rotatable bonds is 2. The number of anilines is 1. The molecule has 86 valence electrons. The predicted molar refractivity (Wildman–Crippen MR) is 67.8 cm³/mol. The molecule has 0 spiro atoms. The Hall–Kier alpha value is -1.90. The fraction of sp³-hybridized carbons (Fsp3) is 0.286. The highest BCUT2D eigenvalue weighted by atomic mass is 16.2. The number of nitrogens with zero attached hydrogens (tertiary/aromatic N) is 1. The van der Waals surface area contributed by atoms with Gasteiger partial charge in [-0.1, -0.05) is 18.2 Å². The molecule has 1 fully saturated rings. The molecule has 1 aliphatic rings. The summed E-state index contributed by atoms with van der Waals surface area (Å²) < 4.78 is 0.